The molecule has 0 aliphatic heterocycles. The van der Waals surface area contributed by atoms with Crippen LogP contribution in [0.4, 0.5) is 0 Å². The van der Waals surface area contributed by atoms with E-state index in [4.69, 9.17) is 0 Å². The summed E-state index contributed by atoms with van der Waals surface area (Å²) in [6.45, 7) is 11.6. The van der Waals surface area contributed by atoms with E-state index in [2.05, 4.69) is 130 Å². The normalized spacial score (nSPS) is 16.3. The van der Waals surface area contributed by atoms with Gasteiger partial charge in [0.2, 0.25) is 0 Å². The molecule has 0 aromatic heterocycles. The van der Waals surface area contributed by atoms with Crippen LogP contribution in [-0.2, 0) is 10.8 Å². The molecule has 2 aliphatic carbocycles. The van der Waals surface area contributed by atoms with E-state index in [1.165, 1.54) is 64.8 Å². The second-order valence-electron chi connectivity index (χ2n) is 10.5. The summed E-state index contributed by atoms with van der Waals surface area (Å²) in [6.07, 6.45) is 0. The Morgan fingerprint density at radius 1 is 0.562 bits per heavy atom. The molecule has 0 saturated heterocycles. The molecule has 0 heterocycles. The number of fused-ring (bicyclic) bond motifs is 6. The first-order valence-electron chi connectivity index (χ1n) is 11.4. The lowest BCUT2D eigenvalue weighted by molar-refractivity contribution is 0.659. The van der Waals surface area contributed by atoms with Crippen molar-refractivity contribution in [2.75, 3.05) is 0 Å². The van der Waals surface area contributed by atoms with Crippen LogP contribution in [0.15, 0.2) is 72.8 Å². The predicted molar refractivity (Wildman–Crippen MR) is 144 cm³/mol. The lowest BCUT2D eigenvalue weighted by Crippen LogP contribution is -2.15. The third-order valence-corrected chi connectivity index (χ3v) is 8.65. The van der Waals surface area contributed by atoms with Crippen LogP contribution in [-0.4, -0.2) is 0 Å². The monoisotopic (exact) mass is 526 g/mol. The van der Waals surface area contributed by atoms with E-state index in [-0.39, 0.29) is 10.8 Å². The topological polar surface area (TPSA) is 0 Å². The van der Waals surface area contributed by atoms with Gasteiger partial charge in [0.25, 0.3) is 0 Å². The van der Waals surface area contributed by atoms with Gasteiger partial charge in [-0.3, -0.25) is 0 Å². The predicted octanol–water partition coefficient (Wildman–Crippen LogP) is 8.88. The highest BCUT2D eigenvalue weighted by Gasteiger charge is 2.38. The van der Waals surface area contributed by atoms with E-state index >= 15 is 0 Å². The van der Waals surface area contributed by atoms with Gasteiger partial charge < -0.3 is 0 Å². The Balaban J connectivity index is 1.53. The molecule has 0 nitrogen and oxygen atoms in total. The number of halogens is 1. The molecule has 0 unspecified atom stereocenters. The van der Waals surface area contributed by atoms with E-state index in [0.29, 0.717) is 0 Å². The second-order valence-corrected chi connectivity index (χ2v) is 11.6. The van der Waals surface area contributed by atoms with Crippen LogP contribution >= 0.6 is 22.6 Å². The molecule has 0 fully saturated rings. The van der Waals surface area contributed by atoms with E-state index in [9.17, 15) is 0 Å². The number of aryl methyl sites for hydroxylation is 1. The lowest BCUT2D eigenvalue weighted by atomic mass is 9.80. The Kier molecular flexibility index (Phi) is 4.16. The Bertz CT molecular complexity index is 1440. The van der Waals surface area contributed by atoms with Gasteiger partial charge in [-0.2, -0.15) is 0 Å². The third kappa shape index (κ3) is 2.61. The van der Waals surface area contributed by atoms with Crippen LogP contribution in [0, 0.1) is 10.5 Å². The number of hydrogen-bond acceptors (Lipinski definition) is 0. The van der Waals surface area contributed by atoms with Crippen LogP contribution in [0.2, 0.25) is 0 Å². The van der Waals surface area contributed by atoms with Crippen molar-refractivity contribution in [3.63, 3.8) is 0 Å². The fourth-order valence-electron chi connectivity index (χ4n) is 5.98. The molecule has 0 bridgehead atoms. The molecule has 1 heteroatoms. The molecular formula is C31H27I. The summed E-state index contributed by atoms with van der Waals surface area (Å²) >= 11 is 2.54. The molecule has 4 aromatic carbocycles. The first-order valence-corrected chi connectivity index (χ1v) is 12.5. The van der Waals surface area contributed by atoms with Gasteiger partial charge in [0, 0.05) is 14.4 Å². The van der Waals surface area contributed by atoms with Gasteiger partial charge in [0.15, 0.2) is 0 Å². The average molecular weight is 526 g/mol. The number of hydrogen-bond donors (Lipinski definition) is 0. The van der Waals surface area contributed by atoms with E-state index in [0.717, 1.165) is 0 Å². The zero-order valence-corrected chi connectivity index (χ0v) is 21.5. The summed E-state index contributed by atoms with van der Waals surface area (Å²) in [6, 6.07) is 27.7. The second kappa shape index (κ2) is 6.57. The fraction of sp³-hybridized carbons (Fsp3) is 0.226. The van der Waals surface area contributed by atoms with Crippen molar-refractivity contribution in [1.29, 1.82) is 0 Å². The smallest absolute Gasteiger partial charge is 0.0218 e. The van der Waals surface area contributed by atoms with Crippen molar-refractivity contribution in [3.8, 4) is 33.4 Å². The molecular weight excluding hydrogens is 499 g/mol. The molecule has 158 valence electrons. The molecule has 0 amide bonds. The highest BCUT2D eigenvalue weighted by atomic mass is 127. The average Bonchev–Trinajstić information content (AvgIpc) is 3.13. The first-order chi connectivity index (χ1) is 15.2. The molecule has 0 saturated carbocycles. The van der Waals surface area contributed by atoms with E-state index < -0.39 is 0 Å². The molecule has 4 aromatic rings. The van der Waals surface area contributed by atoms with Gasteiger partial charge in [-0.05, 0) is 103 Å². The van der Waals surface area contributed by atoms with E-state index in [1.807, 2.05) is 0 Å². The largest absolute Gasteiger partial charge is 0.0619 e. The van der Waals surface area contributed by atoms with Crippen molar-refractivity contribution < 1.29 is 0 Å². The zero-order valence-electron chi connectivity index (χ0n) is 19.3. The first kappa shape index (κ1) is 20.2. The maximum absolute atomic E-state index is 2.54. The van der Waals surface area contributed by atoms with Crippen LogP contribution in [0.1, 0.15) is 55.5 Å². The van der Waals surface area contributed by atoms with Gasteiger partial charge in [-0.25, -0.2) is 0 Å². The number of benzene rings is 4. The van der Waals surface area contributed by atoms with Gasteiger partial charge in [-0.15, -0.1) is 0 Å². The zero-order chi connectivity index (χ0) is 22.4. The molecule has 0 spiro atoms. The minimum atomic E-state index is 0.0195. The Morgan fingerprint density at radius 3 is 2.06 bits per heavy atom. The maximum atomic E-state index is 2.54. The fourth-order valence-corrected chi connectivity index (χ4v) is 6.89. The Labute approximate surface area is 204 Å². The van der Waals surface area contributed by atoms with Gasteiger partial charge in [0.1, 0.15) is 0 Å². The van der Waals surface area contributed by atoms with Crippen LogP contribution in [0.25, 0.3) is 33.4 Å². The summed E-state index contributed by atoms with van der Waals surface area (Å²) < 4.78 is 1.34. The van der Waals surface area contributed by atoms with E-state index in [1.54, 1.807) is 0 Å². The standard InChI is InChI=1S/C31H27I/c1-18-10-13-25-23(14-18)21-12-11-19(15-26(21)30(25,2)3)20-16-27-29(28(32)17-20)22-8-6-7-9-24(22)31(27,4)5/h6-17H,1-5H3. The minimum absolute atomic E-state index is 0.0195. The molecule has 0 radical (unpaired) electrons. The Hall–Kier alpha value is -2.39. The quantitative estimate of drug-likeness (QED) is 0.217. The highest BCUT2D eigenvalue weighted by Crippen LogP contribution is 2.53. The van der Waals surface area contributed by atoms with Crippen LogP contribution in [0.5, 0.6) is 0 Å². The molecule has 32 heavy (non-hydrogen) atoms. The number of rotatable bonds is 1. The van der Waals surface area contributed by atoms with Crippen LogP contribution < -0.4 is 0 Å². The Morgan fingerprint density at radius 2 is 1.25 bits per heavy atom. The summed E-state index contributed by atoms with van der Waals surface area (Å²) in [5, 5.41) is 0. The van der Waals surface area contributed by atoms with Crippen molar-refractivity contribution >= 4 is 22.6 Å². The lowest BCUT2D eigenvalue weighted by Gasteiger charge is -2.23. The molecule has 0 atom stereocenters. The van der Waals surface area contributed by atoms with Crippen molar-refractivity contribution in [2.45, 2.75) is 45.4 Å². The van der Waals surface area contributed by atoms with Gasteiger partial charge in [0.05, 0.1) is 0 Å². The van der Waals surface area contributed by atoms with Crippen molar-refractivity contribution in [2.24, 2.45) is 0 Å². The van der Waals surface area contributed by atoms with Gasteiger partial charge >= 0.3 is 0 Å². The SMILES string of the molecule is Cc1ccc2c(c1)-c1ccc(-c3cc(I)c4c(c3)C(C)(C)c3ccccc3-4)cc1C2(C)C. The summed E-state index contributed by atoms with van der Waals surface area (Å²) in [7, 11) is 0. The molecule has 0 N–H and O–H groups in total. The van der Waals surface area contributed by atoms with Crippen LogP contribution in [0.3, 0.4) is 0 Å². The minimum Gasteiger partial charge on any atom is -0.0619 e. The summed E-state index contributed by atoms with van der Waals surface area (Å²) in [5.41, 5.74) is 15.4. The maximum Gasteiger partial charge on any atom is 0.0218 e. The third-order valence-electron chi connectivity index (χ3n) is 7.80. The van der Waals surface area contributed by atoms with Gasteiger partial charge in [-0.1, -0.05) is 87.9 Å². The summed E-state index contributed by atoms with van der Waals surface area (Å²) in [5.74, 6) is 0. The molecule has 6 rings (SSSR count). The van der Waals surface area contributed by atoms with Crippen molar-refractivity contribution in [3.05, 3.63) is 104 Å². The summed E-state index contributed by atoms with van der Waals surface area (Å²) in [4.78, 5) is 0. The highest BCUT2D eigenvalue weighted by molar-refractivity contribution is 14.1. The molecule has 2 aliphatic rings. The van der Waals surface area contributed by atoms with Crippen molar-refractivity contribution in [1.82, 2.24) is 0 Å².